The predicted molar refractivity (Wildman–Crippen MR) is 73.2 cm³/mol. The highest BCUT2D eigenvalue weighted by atomic mass is 16.1. The van der Waals surface area contributed by atoms with Gasteiger partial charge < -0.3 is 10.2 Å². The lowest BCUT2D eigenvalue weighted by molar-refractivity contribution is -0.117. The molecule has 0 aliphatic carbocycles. The molecule has 0 aliphatic rings. The van der Waals surface area contributed by atoms with Crippen LogP contribution in [0.3, 0.4) is 0 Å². The van der Waals surface area contributed by atoms with E-state index in [-0.39, 0.29) is 0 Å². The fourth-order valence-electron chi connectivity index (χ4n) is 0.952. The third kappa shape index (κ3) is 10.8. The van der Waals surface area contributed by atoms with Gasteiger partial charge in [-0.15, -0.1) is 0 Å². The van der Waals surface area contributed by atoms with Crippen LogP contribution in [0.1, 0.15) is 32.9 Å². The summed E-state index contributed by atoms with van der Waals surface area (Å²) in [6.07, 6.45) is 1.87. The first-order valence-corrected chi connectivity index (χ1v) is 5.99. The fraction of sp³-hybridized carbons (Fsp3) is 0.667. The Morgan fingerprint density at radius 1 is 1.53 bits per heavy atom. The van der Waals surface area contributed by atoms with Crippen molar-refractivity contribution >= 4 is 12.2 Å². The van der Waals surface area contributed by atoms with Gasteiger partial charge in [0.15, 0.2) is 0 Å². The number of carbonyl (C=O) groups is 1. The Morgan fingerprint density at radius 2 is 2.12 bits per heavy atom. The number of hydrogen-bond acceptors (Lipinski definition) is 3. The van der Waals surface area contributed by atoms with Crippen molar-refractivity contribution in [3.63, 3.8) is 0 Å². The van der Waals surface area contributed by atoms with Gasteiger partial charge in [0, 0.05) is 32.4 Å². The van der Waals surface area contributed by atoms with Crippen molar-refractivity contribution < 1.29 is 4.79 Å². The van der Waals surface area contributed by atoms with Crippen molar-refractivity contribution in [3.8, 4) is 0 Å². The third-order valence-corrected chi connectivity index (χ3v) is 1.72. The van der Waals surface area contributed by atoms with Gasteiger partial charge in [0.2, 0.25) is 6.41 Å². The average molecular weight is 242 g/mol. The molecule has 0 saturated heterocycles. The number of amides is 1. The maximum atomic E-state index is 9.82. The largest absolute Gasteiger partial charge is 0.372 e. The van der Waals surface area contributed by atoms with Crippen LogP contribution in [0, 0.1) is 6.92 Å². The number of nitrogens with one attached hydrogen (secondary N) is 2. The van der Waals surface area contributed by atoms with E-state index in [9.17, 15) is 4.79 Å². The van der Waals surface area contributed by atoms with E-state index < -0.39 is 0 Å². The zero-order valence-corrected chi connectivity index (χ0v) is 11.9. The average Bonchev–Trinajstić information content (AvgIpc) is 2.79. The fourth-order valence-corrected chi connectivity index (χ4v) is 0.952. The first kappa shape index (κ1) is 17.9. The van der Waals surface area contributed by atoms with Gasteiger partial charge in [-0.05, 0) is 13.3 Å². The van der Waals surface area contributed by atoms with Crippen LogP contribution in [-0.4, -0.2) is 42.1 Å². The molecule has 17 heavy (non-hydrogen) atoms. The van der Waals surface area contributed by atoms with Crippen molar-refractivity contribution in [1.82, 2.24) is 15.1 Å². The second-order valence-electron chi connectivity index (χ2n) is 3.27. The molecule has 0 fully saturated rings. The molecule has 1 heterocycles. The summed E-state index contributed by atoms with van der Waals surface area (Å²) in [6, 6.07) is 1.94. The number of aryl methyl sites for hydroxylation is 1. The summed E-state index contributed by atoms with van der Waals surface area (Å²) in [5.41, 5.74) is 1.08. The van der Waals surface area contributed by atoms with Gasteiger partial charge in [-0.1, -0.05) is 20.8 Å². The van der Waals surface area contributed by atoms with Crippen molar-refractivity contribution in [2.75, 3.05) is 26.0 Å². The van der Waals surface area contributed by atoms with Crippen LogP contribution < -0.4 is 5.32 Å². The summed E-state index contributed by atoms with van der Waals surface area (Å²) in [5.74, 6) is 0.891. The van der Waals surface area contributed by atoms with Gasteiger partial charge in [-0.3, -0.25) is 9.89 Å². The standard InChI is InChI=1S/C5H9N3.C5H11NO.C2H6/c1-4-3-5(6-2)8-7-4;1-3-4-6(2)5-7;1-2/h3H,1-2H3,(H2,6,7,8);5H,3-4H2,1-2H3;1-2H3. The molecule has 5 heteroatoms. The molecule has 0 atom stereocenters. The zero-order chi connectivity index (χ0) is 13.7. The number of anilines is 1. The van der Waals surface area contributed by atoms with Crippen LogP contribution in [0.15, 0.2) is 6.07 Å². The highest BCUT2D eigenvalue weighted by Gasteiger charge is 1.89. The van der Waals surface area contributed by atoms with E-state index in [4.69, 9.17) is 0 Å². The maximum absolute atomic E-state index is 9.82. The van der Waals surface area contributed by atoms with E-state index in [1.165, 1.54) is 0 Å². The molecular formula is C12H26N4O. The molecule has 1 rings (SSSR count). The zero-order valence-electron chi connectivity index (χ0n) is 11.9. The van der Waals surface area contributed by atoms with Gasteiger partial charge in [0.1, 0.15) is 5.82 Å². The van der Waals surface area contributed by atoms with E-state index in [0.29, 0.717) is 0 Å². The number of hydrogen-bond donors (Lipinski definition) is 2. The van der Waals surface area contributed by atoms with E-state index in [0.717, 1.165) is 30.9 Å². The summed E-state index contributed by atoms with van der Waals surface area (Å²) in [6.45, 7) is 8.87. The molecule has 100 valence electrons. The quantitative estimate of drug-likeness (QED) is 0.796. The molecule has 0 spiro atoms. The molecule has 0 aromatic carbocycles. The SMILES string of the molecule is CC.CCCN(C)C=O.CNc1cc(C)[nH]n1. The first-order valence-electron chi connectivity index (χ1n) is 5.99. The smallest absolute Gasteiger partial charge is 0.209 e. The van der Waals surface area contributed by atoms with E-state index in [1.807, 2.05) is 40.8 Å². The van der Waals surface area contributed by atoms with E-state index in [2.05, 4.69) is 15.5 Å². The van der Waals surface area contributed by atoms with Crippen LogP contribution in [0.25, 0.3) is 0 Å². The minimum Gasteiger partial charge on any atom is -0.372 e. The van der Waals surface area contributed by atoms with Crippen molar-refractivity contribution in [2.45, 2.75) is 34.1 Å². The molecule has 1 aromatic rings. The topological polar surface area (TPSA) is 61.0 Å². The van der Waals surface area contributed by atoms with Gasteiger partial charge in [0.05, 0.1) is 0 Å². The Bertz CT molecular complexity index is 273. The Labute approximate surface area is 105 Å². The van der Waals surface area contributed by atoms with E-state index >= 15 is 0 Å². The summed E-state index contributed by atoms with van der Waals surface area (Å²) >= 11 is 0. The molecule has 5 nitrogen and oxygen atoms in total. The lowest BCUT2D eigenvalue weighted by atomic mass is 10.5. The van der Waals surface area contributed by atoms with Gasteiger partial charge in [-0.25, -0.2) is 0 Å². The number of nitrogens with zero attached hydrogens (tertiary/aromatic N) is 2. The molecule has 0 saturated carbocycles. The van der Waals surface area contributed by atoms with Crippen LogP contribution in [0.4, 0.5) is 5.82 Å². The van der Waals surface area contributed by atoms with Crippen molar-refractivity contribution in [2.24, 2.45) is 0 Å². The third-order valence-electron chi connectivity index (χ3n) is 1.72. The predicted octanol–water partition coefficient (Wildman–Crippen LogP) is 2.27. The number of rotatable bonds is 4. The van der Waals surface area contributed by atoms with Crippen LogP contribution >= 0.6 is 0 Å². The van der Waals surface area contributed by atoms with Crippen LogP contribution in [-0.2, 0) is 4.79 Å². The lowest BCUT2D eigenvalue weighted by Crippen LogP contribution is -2.15. The highest BCUT2D eigenvalue weighted by Crippen LogP contribution is 2.00. The summed E-state index contributed by atoms with van der Waals surface area (Å²) in [5, 5.41) is 9.61. The number of carbonyl (C=O) groups excluding carboxylic acids is 1. The second-order valence-corrected chi connectivity index (χ2v) is 3.27. The molecule has 0 aliphatic heterocycles. The number of aromatic amines is 1. The monoisotopic (exact) mass is 242 g/mol. The summed E-state index contributed by atoms with van der Waals surface area (Å²) < 4.78 is 0. The number of aromatic nitrogens is 2. The highest BCUT2D eigenvalue weighted by molar-refractivity contribution is 5.46. The van der Waals surface area contributed by atoms with Crippen molar-refractivity contribution in [3.05, 3.63) is 11.8 Å². The normalized spacial score (nSPS) is 8.12. The lowest BCUT2D eigenvalue weighted by Gasteiger charge is -2.05. The molecule has 0 radical (unpaired) electrons. The van der Waals surface area contributed by atoms with Crippen LogP contribution in [0.2, 0.25) is 0 Å². The van der Waals surface area contributed by atoms with Gasteiger partial charge in [0.25, 0.3) is 0 Å². The molecule has 0 unspecified atom stereocenters. The molecule has 1 amide bonds. The molecule has 0 bridgehead atoms. The molecular weight excluding hydrogens is 216 g/mol. The minimum absolute atomic E-state index is 0.837. The van der Waals surface area contributed by atoms with Crippen LogP contribution in [0.5, 0.6) is 0 Å². The summed E-state index contributed by atoms with van der Waals surface area (Å²) in [7, 11) is 3.62. The molecule has 2 N–H and O–H groups in total. The Balaban J connectivity index is 0. The van der Waals surface area contributed by atoms with Gasteiger partial charge in [-0.2, -0.15) is 5.10 Å². The minimum atomic E-state index is 0.837. The Morgan fingerprint density at radius 3 is 2.29 bits per heavy atom. The maximum Gasteiger partial charge on any atom is 0.209 e. The second kappa shape index (κ2) is 12.5. The van der Waals surface area contributed by atoms with E-state index in [1.54, 1.807) is 11.9 Å². The first-order chi connectivity index (χ1) is 8.13. The Hall–Kier alpha value is -1.52. The van der Waals surface area contributed by atoms with Crippen molar-refractivity contribution in [1.29, 1.82) is 0 Å². The molecule has 1 aromatic heterocycles. The summed E-state index contributed by atoms with van der Waals surface area (Å²) in [4.78, 5) is 11.4. The Kier molecular flexibility index (Phi) is 13.2. The number of H-pyrrole nitrogens is 1. The van der Waals surface area contributed by atoms with Gasteiger partial charge >= 0.3 is 0 Å².